The maximum Gasteiger partial charge on any atom is 0.258 e. The molecule has 4 nitrogen and oxygen atoms in total. The van der Waals surface area contributed by atoms with Crippen molar-refractivity contribution in [2.75, 3.05) is 13.2 Å². The minimum Gasteiger partial charge on any atom is -0.484 e. The number of benzene rings is 1. The maximum absolute atomic E-state index is 11.4. The van der Waals surface area contributed by atoms with Gasteiger partial charge in [0.1, 0.15) is 5.75 Å². The number of carbonyl (C=O) groups excluding carboxylic acids is 1. The van der Waals surface area contributed by atoms with E-state index < -0.39 is 0 Å². The van der Waals surface area contributed by atoms with Crippen molar-refractivity contribution in [2.24, 2.45) is 0 Å². The molecule has 0 saturated carbocycles. The van der Waals surface area contributed by atoms with Gasteiger partial charge >= 0.3 is 0 Å². The largest absolute Gasteiger partial charge is 0.484 e. The van der Waals surface area contributed by atoms with E-state index in [1.807, 2.05) is 25.1 Å². The molecule has 0 aliphatic heterocycles. The maximum atomic E-state index is 11.4. The van der Waals surface area contributed by atoms with Crippen LogP contribution in [-0.4, -0.2) is 30.3 Å². The summed E-state index contributed by atoms with van der Waals surface area (Å²) in [6.07, 6.45) is 0.702. The van der Waals surface area contributed by atoms with Gasteiger partial charge < -0.3 is 15.2 Å². The Kier molecular flexibility index (Phi) is 5.36. The zero-order valence-electron chi connectivity index (χ0n) is 9.35. The Hall–Kier alpha value is -1.55. The molecule has 0 aliphatic carbocycles. The van der Waals surface area contributed by atoms with Crippen molar-refractivity contribution >= 4 is 5.91 Å². The first-order valence-corrected chi connectivity index (χ1v) is 5.34. The van der Waals surface area contributed by atoms with Crippen molar-refractivity contribution in [1.82, 2.24) is 5.32 Å². The van der Waals surface area contributed by atoms with Crippen LogP contribution in [0, 0.1) is 0 Å². The molecule has 0 aromatic heterocycles. The van der Waals surface area contributed by atoms with Gasteiger partial charge in [-0.25, -0.2) is 0 Å². The zero-order valence-corrected chi connectivity index (χ0v) is 9.35. The monoisotopic (exact) mass is 223 g/mol. The lowest BCUT2D eigenvalue weighted by Gasteiger charge is -2.14. The molecular weight excluding hydrogens is 206 g/mol. The number of aliphatic hydroxyl groups is 1. The predicted molar refractivity (Wildman–Crippen MR) is 61.2 cm³/mol. The van der Waals surface area contributed by atoms with E-state index >= 15 is 0 Å². The summed E-state index contributed by atoms with van der Waals surface area (Å²) in [5.74, 6) is 0.444. The van der Waals surface area contributed by atoms with Crippen molar-refractivity contribution in [3.63, 3.8) is 0 Å². The van der Waals surface area contributed by atoms with Gasteiger partial charge in [-0.05, 0) is 18.6 Å². The lowest BCUT2D eigenvalue weighted by Crippen LogP contribution is -2.39. The van der Waals surface area contributed by atoms with Gasteiger partial charge in [-0.2, -0.15) is 0 Å². The van der Waals surface area contributed by atoms with Crippen molar-refractivity contribution in [3.05, 3.63) is 30.3 Å². The summed E-state index contributed by atoms with van der Waals surface area (Å²) in [4.78, 5) is 11.4. The van der Waals surface area contributed by atoms with E-state index in [0.29, 0.717) is 12.2 Å². The van der Waals surface area contributed by atoms with Crippen molar-refractivity contribution in [2.45, 2.75) is 19.4 Å². The normalized spacial score (nSPS) is 11.9. The SMILES string of the molecule is CC[C@H](CO)NC(=O)COc1ccccc1. The Morgan fingerprint density at radius 2 is 2.12 bits per heavy atom. The molecule has 0 saturated heterocycles. The Labute approximate surface area is 95.2 Å². The fraction of sp³-hybridized carbons (Fsp3) is 0.417. The van der Waals surface area contributed by atoms with Crippen LogP contribution in [0.15, 0.2) is 30.3 Å². The second-order valence-corrected chi connectivity index (χ2v) is 3.46. The van der Waals surface area contributed by atoms with Gasteiger partial charge in [0.05, 0.1) is 12.6 Å². The van der Waals surface area contributed by atoms with E-state index in [-0.39, 0.29) is 25.2 Å². The Bertz CT molecular complexity index is 309. The number of para-hydroxylation sites is 1. The van der Waals surface area contributed by atoms with Crippen LogP contribution in [0.2, 0.25) is 0 Å². The van der Waals surface area contributed by atoms with Gasteiger partial charge in [-0.3, -0.25) is 4.79 Å². The highest BCUT2D eigenvalue weighted by Gasteiger charge is 2.09. The topological polar surface area (TPSA) is 58.6 Å². The number of hydrogen-bond donors (Lipinski definition) is 2. The second kappa shape index (κ2) is 6.85. The van der Waals surface area contributed by atoms with Crippen molar-refractivity contribution < 1.29 is 14.6 Å². The molecular formula is C12H17NO3. The van der Waals surface area contributed by atoms with Crippen LogP contribution < -0.4 is 10.1 Å². The summed E-state index contributed by atoms with van der Waals surface area (Å²) in [6, 6.07) is 8.96. The third-order valence-corrected chi connectivity index (χ3v) is 2.19. The fourth-order valence-corrected chi connectivity index (χ4v) is 1.21. The number of nitrogens with one attached hydrogen (secondary N) is 1. The molecule has 0 bridgehead atoms. The molecule has 88 valence electrons. The minimum absolute atomic E-state index is 0.0273. The number of carbonyl (C=O) groups is 1. The highest BCUT2D eigenvalue weighted by atomic mass is 16.5. The smallest absolute Gasteiger partial charge is 0.258 e. The van der Waals surface area contributed by atoms with E-state index in [4.69, 9.17) is 9.84 Å². The van der Waals surface area contributed by atoms with Gasteiger partial charge in [0.2, 0.25) is 0 Å². The minimum atomic E-state index is -0.218. The summed E-state index contributed by atoms with van der Waals surface area (Å²) in [5.41, 5.74) is 0. The molecule has 0 spiro atoms. The molecule has 0 aliphatic rings. The molecule has 0 fully saturated rings. The predicted octanol–water partition coefficient (Wildman–Crippen LogP) is 0.952. The highest BCUT2D eigenvalue weighted by molar-refractivity contribution is 5.77. The van der Waals surface area contributed by atoms with Crippen LogP contribution >= 0.6 is 0 Å². The summed E-state index contributed by atoms with van der Waals surface area (Å²) < 4.78 is 5.26. The van der Waals surface area contributed by atoms with Gasteiger partial charge in [0.15, 0.2) is 6.61 Å². The van der Waals surface area contributed by atoms with Crippen LogP contribution in [0.1, 0.15) is 13.3 Å². The lowest BCUT2D eigenvalue weighted by atomic mass is 10.2. The number of aliphatic hydroxyl groups excluding tert-OH is 1. The molecule has 1 aromatic carbocycles. The Morgan fingerprint density at radius 1 is 1.44 bits per heavy atom. The molecule has 1 aromatic rings. The standard InChI is InChI=1S/C12H17NO3/c1-2-10(8-14)13-12(15)9-16-11-6-4-3-5-7-11/h3-7,10,14H,2,8-9H2,1H3,(H,13,15)/t10-/m1/s1. The van der Waals surface area contributed by atoms with Crippen molar-refractivity contribution in [3.8, 4) is 5.75 Å². The van der Waals surface area contributed by atoms with Crippen LogP contribution in [-0.2, 0) is 4.79 Å². The van der Waals surface area contributed by atoms with E-state index in [1.165, 1.54) is 0 Å². The summed E-state index contributed by atoms with van der Waals surface area (Å²) in [5, 5.41) is 11.6. The van der Waals surface area contributed by atoms with Crippen LogP contribution in [0.4, 0.5) is 0 Å². The molecule has 16 heavy (non-hydrogen) atoms. The average molecular weight is 223 g/mol. The van der Waals surface area contributed by atoms with Crippen LogP contribution in [0.5, 0.6) is 5.75 Å². The van der Waals surface area contributed by atoms with Gasteiger partial charge in [0, 0.05) is 0 Å². The summed E-state index contributed by atoms with van der Waals surface area (Å²) in [7, 11) is 0. The first-order chi connectivity index (χ1) is 7.76. The number of hydrogen-bond acceptors (Lipinski definition) is 3. The molecule has 1 rings (SSSR count). The summed E-state index contributed by atoms with van der Waals surface area (Å²) in [6.45, 7) is 1.83. The van der Waals surface area contributed by atoms with Gasteiger partial charge in [0.25, 0.3) is 5.91 Å². The van der Waals surface area contributed by atoms with E-state index in [2.05, 4.69) is 5.32 Å². The second-order valence-electron chi connectivity index (χ2n) is 3.46. The molecule has 0 unspecified atom stereocenters. The molecule has 0 radical (unpaired) electrons. The third-order valence-electron chi connectivity index (χ3n) is 2.19. The highest BCUT2D eigenvalue weighted by Crippen LogP contribution is 2.07. The molecule has 0 heterocycles. The van der Waals surface area contributed by atoms with Crippen LogP contribution in [0.3, 0.4) is 0 Å². The number of rotatable bonds is 6. The van der Waals surface area contributed by atoms with Crippen LogP contribution in [0.25, 0.3) is 0 Å². The Morgan fingerprint density at radius 3 is 2.69 bits per heavy atom. The fourth-order valence-electron chi connectivity index (χ4n) is 1.21. The molecule has 1 amide bonds. The molecule has 4 heteroatoms. The average Bonchev–Trinajstić information content (AvgIpc) is 2.34. The Balaban J connectivity index is 2.30. The first kappa shape index (κ1) is 12.5. The van der Waals surface area contributed by atoms with Gasteiger partial charge in [-0.15, -0.1) is 0 Å². The number of ether oxygens (including phenoxy) is 1. The summed E-state index contributed by atoms with van der Waals surface area (Å²) >= 11 is 0. The molecule has 2 N–H and O–H groups in total. The quantitative estimate of drug-likeness (QED) is 0.755. The lowest BCUT2D eigenvalue weighted by molar-refractivity contribution is -0.124. The van der Waals surface area contributed by atoms with Gasteiger partial charge in [-0.1, -0.05) is 25.1 Å². The van der Waals surface area contributed by atoms with E-state index in [1.54, 1.807) is 12.1 Å². The zero-order chi connectivity index (χ0) is 11.8. The van der Waals surface area contributed by atoms with Crippen molar-refractivity contribution in [1.29, 1.82) is 0 Å². The van der Waals surface area contributed by atoms with E-state index in [9.17, 15) is 4.79 Å². The number of amides is 1. The van der Waals surface area contributed by atoms with E-state index in [0.717, 1.165) is 0 Å². The molecule has 1 atom stereocenters. The third kappa shape index (κ3) is 4.31. The first-order valence-electron chi connectivity index (χ1n) is 5.34.